The van der Waals surface area contributed by atoms with E-state index in [9.17, 15) is 4.79 Å². The lowest BCUT2D eigenvalue weighted by atomic mass is 10.1. The van der Waals surface area contributed by atoms with Gasteiger partial charge in [-0.25, -0.2) is 9.78 Å². The van der Waals surface area contributed by atoms with E-state index in [2.05, 4.69) is 4.98 Å². The van der Waals surface area contributed by atoms with Crippen LogP contribution in [0.2, 0.25) is 0 Å². The highest BCUT2D eigenvalue weighted by Crippen LogP contribution is 2.27. The Morgan fingerprint density at radius 3 is 2.40 bits per heavy atom. The zero-order chi connectivity index (χ0) is 20.9. The summed E-state index contributed by atoms with van der Waals surface area (Å²) in [4.78, 5) is 19.9. The van der Waals surface area contributed by atoms with Gasteiger partial charge < -0.3 is 19.3 Å². The Hall–Kier alpha value is -3.54. The van der Waals surface area contributed by atoms with E-state index in [4.69, 9.17) is 9.47 Å². The van der Waals surface area contributed by atoms with Crippen LogP contribution >= 0.6 is 0 Å². The zero-order valence-corrected chi connectivity index (χ0v) is 17.2. The molecule has 3 aromatic rings. The molecule has 0 radical (unpaired) electrons. The summed E-state index contributed by atoms with van der Waals surface area (Å²) in [5.41, 5.74) is 2.18. The van der Waals surface area contributed by atoms with Crippen LogP contribution in [0.5, 0.6) is 11.5 Å². The molecule has 1 fully saturated rings. The molecule has 0 saturated carbocycles. The summed E-state index contributed by atoms with van der Waals surface area (Å²) >= 11 is 0. The zero-order valence-electron chi connectivity index (χ0n) is 17.2. The van der Waals surface area contributed by atoms with Crippen molar-refractivity contribution in [2.75, 3.05) is 25.1 Å². The fraction of sp³-hybridized carbons (Fsp3) is 0.250. The number of carbonyl (C=O) groups is 1. The second kappa shape index (κ2) is 8.86. The molecule has 1 aromatic heterocycles. The minimum absolute atomic E-state index is 0.0953. The number of likely N-dealkylation sites (N-methyl/N-ethyl adjacent to an activating group) is 1. The van der Waals surface area contributed by atoms with Crippen molar-refractivity contribution < 1.29 is 14.3 Å². The van der Waals surface area contributed by atoms with E-state index in [1.54, 1.807) is 11.1 Å². The van der Waals surface area contributed by atoms with Crippen LogP contribution in [-0.2, 0) is 11.2 Å². The summed E-state index contributed by atoms with van der Waals surface area (Å²) in [6, 6.07) is 21.8. The average molecular weight is 403 g/mol. The minimum Gasteiger partial charge on any atom is -0.457 e. The Morgan fingerprint density at radius 2 is 1.77 bits per heavy atom. The topological polar surface area (TPSA) is 54.9 Å². The Bertz CT molecular complexity index is 975. The van der Waals surface area contributed by atoms with Crippen LogP contribution < -0.4 is 9.64 Å². The maximum atomic E-state index is 11.7. The first-order valence-electron chi connectivity index (χ1n) is 10.1. The van der Waals surface area contributed by atoms with Crippen LogP contribution in [0.3, 0.4) is 0 Å². The molecule has 0 spiro atoms. The first-order valence-corrected chi connectivity index (χ1v) is 10.1. The molecule has 1 atom stereocenters. The van der Waals surface area contributed by atoms with Gasteiger partial charge in [0.1, 0.15) is 23.9 Å². The summed E-state index contributed by atoms with van der Waals surface area (Å²) in [7, 11) is 1.99. The molecule has 0 aliphatic carbocycles. The Kier molecular flexibility index (Phi) is 5.84. The predicted molar refractivity (Wildman–Crippen MR) is 116 cm³/mol. The molecule has 0 bridgehead atoms. The van der Waals surface area contributed by atoms with Gasteiger partial charge in [-0.05, 0) is 67.4 Å². The third-order valence-corrected chi connectivity index (χ3v) is 5.26. The van der Waals surface area contributed by atoms with Gasteiger partial charge in [0.05, 0.1) is 6.04 Å². The van der Waals surface area contributed by atoms with Gasteiger partial charge in [-0.1, -0.05) is 18.2 Å². The van der Waals surface area contributed by atoms with E-state index in [0.29, 0.717) is 13.2 Å². The number of nitrogens with zero attached hydrogens (tertiary/aromatic N) is 3. The third kappa shape index (κ3) is 4.38. The number of carbonyl (C=O) groups excluding carboxylic acids is 1. The minimum atomic E-state index is -0.223. The van der Waals surface area contributed by atoms with E-state index in [-0.39, 0.29) is 12.1 Å². The van der Waals surface area contributed by atoms with Crippen LogP contribution in [0, 0.1) is 0 Å². The summed E-state index contributed by atoms with van der Waals surface area (Å²) in [6.45, 7) is 3.08. The number of rotatable bonds is 7. The fourth-order valence-electron chi connectivity index (χ4n) is 3.57. The van der Waals surface area contributed by atoms with Crippen molar-refractivity contribution in [3.8, 4) is 11.5 Å². The summed E-state index contributed by atoms with van der Waals surface area (Å²) < 4.78 is 11.1. The standard InChI is InChI=1S/C24H25N3O3/c1-3-27-20(17-29-24(27)28)16-18-7-11-21(12-8-18)30-22-13-9-19(10-14-22)26(2)23-6-4-5-15-25-23/h4-15,20H,3,16-17H2,1-2H3/t20-/m0/s1. The molecular weight excluding hydrogens is 378 g/mol. The normalized spacial score (nSPS) is 15.7. The smallest absolute Gasteiger partial charge is 0.410 e. The molecule has 1 saturated heterocycles. The molecular formula is C24H25N3O3. The number of aromatic nitrogens is 1. The Balaban J connectivity index is 1.37. The summed E-state index contributed by atoms with van der Waals surface area (Å²) in [5, 5.41) is 0. The number of cyclic esters (lactones) is 1. The molecule has 6 nitrogen and oxygen atoms in total. The molecule has 2 heterocycles. The van der Waals surface area contributed by atoms with Crippen LogP contribution in [0.4, 0.5) is 16.3 Å². The van der Waals surface area contributed by atoms with Crippen molar-refractivity contribution in [3.05, 3.63) is 78.5 Å². The molecule has 6 heteroatoms. The van der Waals surface area contributed by atoms with E-state index in [0.717, 1.165) is 35.0 Å². The second-order valence-corrected chi connectivity index (χ2v) is 7.21. The van der Waals surface area contributed by atoms with Crippen molar-refractivity contribution in [3.63, 3.8) is 0 Å². The van der Waals surface area contributed by atoms with Crippen LogP contribution in [0.15, 0.2) is 72.9 Å². The monoisotopic (exact) mass is 403 g/mol. The molecule has 2 aromatic carbocycles. The van der Waals surface area contributed by atoms with Gasteiger partial charge in [-0.2, -0.15) is 0 Å². The maximum absolute atomic E-state index is 11.7. The number of amides is 1. The Labute approximate surface area is 176 Å². The molecule has 0 N–H and O–H groups in total. The summed E-state index contributed by atoms with van der Waals surface area (Å²) in [5.74, 6) is 2.43. The van der Waals surface area contributed by atoms with Crippen molar-refractivity contribution in [1.82, 2.24) is 9.88 Å². The number of pyridine rings is 1. The van der Waals surface area contributed by atoms with E-state index >= 15 is 0 Å². The van der Waals surface area contributed by atoms with Gasteiger partial charge in [0, 0.05) is 25.5 Å². The molecule has 4 rings (SSSR count). The highest BCUT2D eigenvalue weighted by Gasteiger charge is 2.31. The van der Waals surface area contributed by atoms with Crippen molar-refractivity contribution >= 4 is 17.6 Å². The first kappa shape index (κ1) is 19.8. The van der Waals surface area contributed by atoms with Gasteiger partial charge in [-0.3, -0.25) is 0 Å². The molecule has 30 heavy (non-hydrogen) atoms. The highest BCUT2D eigenvalue weighted by atomic mass is 16.6. The number of benzene rings is 2. The van der Waals surface area contributed by atoms with Crippen molar-refractivity contribution in [2.24, 2.45) is 0 Å². The van der Waals surface area contributed by atoms with E-state index < -0.39 is 0 Å². The molecule has 154 valence electrons. The van der Waals surface area contributed by atoms with Gasteiger partial charge in [0.2, 0.25) is 0 Å². The molecule has 1 aliphatic rings. The first-order chi connectivity index (χ1) is 14.6. The van der Waals surface area contributed by atoms with E-state index in [1.165, 1.54) is 0 Å². The maximum Gasteiger partial charge on any atom is 0.410 e. The van der Waals surface area contributed by atoms with Crippen LogP contribution in [0.25, 0.3) is 0 Å². The number of ether oxygens (including phenoxy) is 2. The highest BCUT2D eigenvalue weighted by molar-refractivity contribution is 5.70. The van der Waals surface area contributed by atoms with Crippen molar-refractivity contribution in [2.45, 2.75) is 19.4 Å². The predicted octanol–water partition coefficient (Wildman–Crippen LogP) is 5.03. The largest absolute Gasteiger partial charge is 0.457 e. The van der Waals surface area contributed by atoms with Crippen molar-refractivity contribution in [1.29, 1.82) is 0 Å². The SMILES string of the molecule is CCN1C(=O)OC[C@@H]1Cc1ccc(Oc2ccc(N(C)c3ccccn3)cc2)cc1. The third-order valence-electron chi connectivity index (χ3n) is 5.26. The number of hydrogen-bond donors (Lipinski definition) is 0. The summed E-state index contributed by atoms with van der Waals surface area (Å²) in [6.07, 6.45) is 2.33. The fourth-order valence-corrected chi connectivity index (χ4v) is 3.57. The van der Waals surface area contributed by atoms with Gasteiger partial charge >= 0.3 is 6.09 Å². The van der Waals surface area contributed by atoms with Gasteiger partial charge in [0.15, 0.2) is 0 Å². The Morgan fingerprint density at radius 1 is 1.07 bits per heavy atom. The van der Waals surface area contributed by atoms with E-state index in [1.807, 2.05) is 85.6 Å². The molecule has 1 aliphatic heterocycles. The lowest BCUT2D eigenvalue weighted by Gasteiger charge is -2.19. The van der Waals surface area contributed by atoms with Gasteiger partial charge in [-0.15, -0.1) is 0 Å². The molecule has 1 amide bonds. The number of anilines is 2. The van der Waals surface area contributed by atoms with Crippen LogP contribution in [0.1, 0.15) is 12.5 Å². The lowest BCUT2D eigenvalue weighted by molar-refractivity contribution is 0.159. The average Bonchev–Trinajstić information content (AvgIpc) is 3.14. The number of hydrogen-bond acceptors (Lipinski definition) is 5. The lowest BCUT2D eigenvalue weighted by Crippen LogP contribution is -2.34. The van der Waals surface area contributed by atoms with Gasteiger partial charge in [0.25, 0.3) is 0 Å². The quantitative estimate of drug-likeness (QED) is 0.554. The molecule has 0 unspecified atom stereocenters. The van der Waals surface area contributed by atoms with Crippen LogP contribution in [-0.4, -0.2) is 42.2 Å². The second-order valence-electron chi connectivity index (χ2n) is 7.21.